The minimum Gasteiger partial charge on any atom is -0.337 e. The van der Waals surface area contributed by atoms with E-state index < -0.39 is 0 Å². The number of amides is 1. The van der Waals surface area contributed by atoms with Crippen LogP contribution in [0.2, 0.25) is 0 Å². The Morgan fingerprint density at radius 1 is 1.41 bits per heavy atom. The quantitative estimate of drug-likeness (QED) is 0.711. The average Bonchev–Trinajstić information content (AvgIpc) is 3.36. The van der Waals surface area contributed by atoms with E-state index in [9.17, 15) is 14.9 Å². The van der Waals surface area contributed by atoms with Crippen molar-refractivity contribution in [3.8, 4) is 12.0 Å². The van der Waals surface area contributed by atoms with Gasteiger partial charge in [-0.3, -0.25) is 14.6 Å². The summed E-state index contributed by atoms with van der Waals surface area (Å²) < 4.78 is 2.82. The summed E-state index contributed by atoms with van der Waals surface area (Å²) in [5.74, 6) is 0.373. The van der Waals surface area contributed by atoms with E-state index in [1.807, 2.05) is 6.92 Å². The number of aromatic nitrogens is 6. The number of piperidine rings is 1. The molecule has 4 rings (SSSR count). The van der Waals surface area contributed by atoms with Crippen LogP contribution < -0.4 is 5.56 Å². The Morgan fingerprint density at radius 2 is 2.17 bits per heavy atom. The second-order valence-corrected chi connectivity index (χ2v) is 7.32. The Morgan fingerprint density at radius 3 is 2.86 bits per heavy atom. The van der Waals surface area contributed by atoms with Gasteiger partial charge in [0.2, 0.25) is 0 Å². The first kappa shape index (κ1) is 18.9. The largest absolute Gasteiger partial charge is 0.337 e. The van der Waals surface area contributed by atoms with Crippen LogP contribution in [0.15, 0.2) is 23.1 Å². The Labute approximate surface area is 166 Å². The molecule has 10 nitrogen and oxygen atoms in total. The van der Waals surface area contributed by atoms with Crippen molar-refractivity contribution in [1.29, 1.82) is 5.26 Å². The van der Waals surface area contributed by atoms with Crippen molar-refractivity contribution >= 4 is 11.4 Å². The van der Waals surface area contributed by atoms with Gasteiger partial charge in [0, 0.05) is 25.2 Å². The molecule has 4 heterocycles. The third kappa shape index (κ3) is 3.29. The van der Waals surface area contributed by atoms with E-state index >= 15 is 0 Å². The third-order valence-corrected chi connectivity index (χ3v) is 5.69. The fourth-order valence-electron chi connectivity index (χ4n) is 3.94. The van der Waals surface area contributed by atoms with Crippen LogP contribution >= 0.6 is 0 Å². The fourth-order valence-corrected chi connectivity index (χ4v) is 3.94. The van der Waals surface area contributed by atoms with Gasteiger partial charge in [-0.15, -0.1) is 10.2 Å². The molecule has 1 amide bonds. The lowest BCUT2D eigenvalue weighted by Crippen LogP contribution is -2.40. The van der Waals surface area contributed by atoms with Gasteiger partial charge in [0.05, 0.1) is 11.8 Å². The number of rotatable bonds is 4. The van der Waals surface area contributed by atoms with Crippen LogP contribution in [0.25, 0.3) is 11.5 Å². The summed E-state index contributed by atoms with van der Waals surface area (Å²) in [5, 5.41) is 21.7. The molecule has 1 aliphatic heterocycles. The smallest absolute Gasteiger partial charge is 0.276 e. The minimum absolute atomic E-state index is 0.0429. The van der Waals surface area contributed by atoms with Crippen molar-refractivity contribution in [1.82, 2.24) is 34.5 Å². The number of H-pyrrole nitrogens is 1. The van der Waals surface area contributed by atoms with E-state index in [1.165, 1.54) is 9.20 Å². The first-order valence-corrected chi connectivity index (χ1v) is 9.72. The highest BCUT2D eigenvalue weighted by atomic mass is 16.2. The maximum Gasteiger partial charge on any atom is 0.276 e. The summed E-state index contributed by atoms with van der Waals surface area (Å²) in [6.07, 6.45) is 4.12. The molecule has 0 spiro atoms. The Hall–Kier alpha value is -3.48. The number of hydrogen-bond acceptors (Lipinski definition) is 6. The lowest BCUT2D eigenvalue weighted by molar-refractivity contribution is 0.0664. The molecule has 150 valence electrons. The predicted octanol–water partition coefficient (Wildman–Crippen LogP) is 1.31. The van der Waals surface area contributed by atoms with Crippen molar-refractivity contribution in [2.75, 3.05) is 13.1 Å². The summed E-state index contributed by atoms with van der Waals surface area (Å²) in [7, 11) is 0. The van der Waals surface area contributed by atoms with Crippen molar-refractivity contribution in [3.63, 3.8) is 0 Å². The molecule has 0 aromatic carbocycles. The molecule has 1 saturated heterocycles. The number of likely N-dealkylation sites (tertiary alicyclic amines) is 1. The highest BCUT2D eigenvalue weighted by Gasteiger charge is 2.30. The molecule has 3 aromatic heterocycles. The zero-order valence-corrected chi connectivity index (χ0v) is 16.4. The molecule has 0 bridgehead atoms. The van der Waals surface area contributed by atoms with E-state index in [1.54, 1.807) is 30.2 Å². The van der Waals surface area contributed by atoms with Gasteiger partial charge < -0.3 is 4.90 Å². The highest BCUT2D eigenvalue weighted by molar-refractivity contribution is 5.93. The van der Waals surface area contributed by atoms with Crippen molar-refractivity contribution in [2.45, 2.75) is 33.1 Å². The number of aromatic amines is 1. The molecule has 0 saturated carbocycles. The van der Waals surface area contributed by atoms with Gasteiger partial charge in [-0.2, -0.15) is 9.94 Å². The maximum atomic E-state index is 13.0. The van der Waals surface area contributed by atoms with Gasteiger partial charge >= 0.3 is 0 Å². The molecule has 29 heavy (non-hydrogen) atoms. The van der Waals surface area contributed by atoms with Gasteiger partial charge in [-0.1, -0.05) is 12.1 Å². The lowest BCUT2D eigenvalue weighted by Gasteiger charge is -2.33. The number of hydrogen-bond donors (Lipinski definition) is 1. The monoisotopic (exact) mass is 394 g/mol. The molecule has 1 unspecified atom stereocenters. The Balaban J connectivity index is 1.55. The molecular formula is C19H22N8O2. The van der Waals surface area contributed by atoms with Gasteiger partial charge in [0.1, 0.15) is 5.52 Å². The van der Waals surface area contributed by atoms with Crippen LogP contribution in [0, 0.1) is 30.1 Å². The van der Waals surface area contributed by atoms with E-state index in [0.717, 1.165) is 19.3 Å². The average molecular weight is 394 g/mol. The molecule has 10 heteroatoms. The summed E-state index contributed by atoms with van der Waals surface area (Å²) in [5.41, 5.74) is 0.877. The zero-order valence-electron chi connectivity index (χ0n) is 16.4. The van der Waals surface area contributed by atoms with Crippen LogP contribution in [-0.4, -0.2) is 53.5 Å². The SMILES string of the molecule is CCC(C#N)C1CCN(C(=O)c2nnn(-c3nn4cccc4c(=O)[nH]3)c2C)CC1. The van der Waals surface area contributed by atoms with E-state index in [2.05, 4.69) is 26.5 Å². The number of nitrogens with one attached hydrogen (secondary N) is 1. The van der Waals surface area contributed by atoms with E-state index in [4.69, 9.17) is 0 Å². The van der Waals surface area contributed by atoms with Crippen LogP contribution in [-0.2, 0) is 0 Å². The van der Waals surface area contributed by atoms with Gasteiger partial charge in [-0.25, -0.2) is 4.52 Å². The zero-order chi connectivity index (χ0) is 20.5. The van der Waals surface area contributed by atoms with Crippen molar-refractivity contribution < 1.29 is 4.79 Å². The fraction of sp³-hybridized carbons (Fsp3) is 0.474. The summed E-state index contributed by atoms with van der Waals surface area (Å²) >= 11 is 0. The summed E-state index contributed by atoms with van der Waals surface area (Å²) in [6, 6.07) is 5.77. The van der Waals surface area contributed by atoms with Gasteiger partial charge in [0.25, 0.3) is 17.4 Å². The molecular weight excluding hydrogens is 372 g/mol. The van der Waals surface area contributed by atoms with Crippen LogP contribution in [0.4, 0.5) is 0 Å². The molecule has 1 N–H and O–H groups in total. The Kier molecular flexibility index (Phi) is 4.88. The van der Waals surface area contributed by atoms with Gasteiger partial charge in [0.15, 0.2) is 5.69 Å². The maximum absolute atomic E-state index is 13.0. The second kappa shape index (κ2) is 7.50. The van der Waals surface area contributed by atoms with Crippen LogP contribution in [0.1, 0.15) is 42.4 Å². The Bertz CT molecular complexity index is 1140. The lowest BCUT2D eigenvalue weighted by atomic mass is 9.83. The number of nitriles is 1. The number of carbonyl (C=O) groups is 1. The first-order valence-electron chi connectivity index (χ1n) is 9.72. The molecule has 0 radical (unpaired) electrons. The third-order valence-electron chi connectivity index (χ3n) is 5.69. The highest BCUT2D eigenvalue weighted by Crippen LogP contribution is 2.27. The van der Waals surface area contributed by atoms with Crippen molar-refractivity contribution in [3.05, 3.63) is 40.1 Å². The standard InChI is InChI=1S/C19H22N8O2/c1-3-13(11-20)14-6-9-25(10-7-14)18(29)16-12(2)27(24-22-16)19-21-17(28)15-5-4-8-26(15)23-19/h4-5,8,13-14H,3,6-7,9-10H2,1-2H3,(H,21,23,28). The molecule has 1 atom stereocenters. The van der Waals surface area contributed by atoms with E-state index in [0.29, 0.717) is 30.2 Å². The minimum atomic E-state index is -0.298. The van der Waals surface area contributed by atoms with E-state index in [-0.39, 0.29) is 29.0 Å². The topological polar surface area (TPSA) is 125 Å². The summed E-state index contributed by atoms with van der Waals surface area (Å²) in [4.78, 5) is 29.6. The van der Waals surface area contributed by atoms with Crippen LogP contribution in [0.5, 0.6) is 0 Å². The van der Waals surface area contributed by atoms with Crippen molar-refractivity contribution in [2.24, 2.45) is 11.8 Å². The molecule has 3 aromatic rings. The molecule has 1 aliphatic rings. The molecule has 1 fully saturated rings. The number of fused-ring (bicyclic) bond motifs is 1. The first-order chi connectivity index (χ1) is 14.0. The van der Waals surface area contributed by atoms with Crippen LogP contribution in [0.3, 0.4) is 0 Å². The normalized spacial score (nSPS) is 16.1. The summed E-state index contributed by atoms with van der Waals surface area (Å²) in [6.45, 7) is 4.94. The molecule has 0 aliphatic carbocycles. The van der Waals surface area contributed by atoms with Gasteiger partial charge in [-0.05, 0) is 44.2 Å². The predicted molar refractivity (Wildman–Crippen MR) is 103 cm³/mol. The number of nitrogens with zero attached hydrogens (tertiary/aromatic N) is 7. The number of carbonyl (C=O) groups excluding carboxylic acids is 1. The second-order valence-electron chi connectivity index (χ2n) is 7.32.